The molecule has 0 radical (unpaired) electrons. The summed E-state index contributed by atoms with van der Waals surface area (Å²) in [7, 11) is -4.60. The van der Waals surface area contributed by atoms with E-state index in [9.17, 15) is 13.2 Å². The van der Waals surface area contributed by atoms with E-state index in [1.54, 1.807) is 0 Å². The summed E-state index contributed by atoms with van der Waals surface area (Å²) in [5.74, 6) is -2.10. The van der Waals surface area contributed by atoms with E-state index in [1.807, 2.05) is 0 Å². The van der Waals surface area contributed by atoms with E-state index in [-0.39, 0.29) is 0 Å². The predicted octanol–water partition coefficient (Wildman–Crippen LogP) is -0.283. The molecule has 0 bridgehead atoms. The monoisotopic (exact) mass is 237 g/mol. The molecular weight excluding hydrogens is 222 g/mol. The van der Waals surface area contributed by atoms with Gasteiger partial charge in [-0.1, -0.05) is 0 Å². The molecule has 1 fully saturated rings. The van der Waals surface area contributed by atoms with Gasteiger partial charge in [0.15, 0.2) is 4.75 Å². The Morgan fingerprint density at radius 1 is 1.53 bits per heavy atom. The first kappa shape index (κ1) is 12.4. The molecule has 1 heterocycles. The smallest absolute Gasteiger partial charge is 0.327 e. The fourth-order valence-electron chi connectivity index (χ4n) is 1.82. The van der Waals surface area contributed by atoms with Crippen LogP contribution in [-0.4, -0.2) is 41.9 Å². The van der Waals surface area contributed by atoms with Crippen molar-refractivity contribution in [3.05, 3.63) is 0 Å². The van der Waals surface area contributed by atoms with Gasteiger partial charge in [-0.25, -0.2) is 0 Å². The maximum Gasteiger partial charge on any atom is 0.327 e. The van der Waals surface area contributed by atoms with Crippen LogP contribution in [0.1, 0.15) is 19.8 Å². The number of aliphatic carboxylic acids is 1. The van der Waals surface area contributed by atoms with Crippen LogP contribution in [0.15, 0.2) is 0 Å². The molecule has 15 heavy (non-hydrogen) atoms. The van der Waals surface area contributed by atoms with Crippen LogP contribution in [0, 0.1) is 5.92 Å². The van der Waals surface area contributed by atoms with Crippen molar-refractivity contribution in [1.82, 2.24) is 5.32 Å². The third-order valence-electron chi connectivity index (χ3n) is 3.04. The van der Waals surface area contributed by atoms with Crippen LogP contribution in [0.4, 0.5) is 0 Å². The molecule has 1 aliphatic rings. The molecule has 6 nitrogen and oxygen atoms in total. The molecule has 2 atom stereocenters. The van der Waals surface area contributed by atoms with Crippen molar-refractivity contribution >= 4 is 16.1 Å². The van der Waals surface area contributed by atoms with Crippen LogP contribution < -0.4 is 5.32 Å². The number of carbonyl (C=O) groups is 1. The molecule has 0 aliphatic carbocycles. The molecule has 0 spiro atoms. The van der Waals surface area contributed by atoms with Crippen molar-refractivity contribution in [3.8, 4) is 0 Å². The van der Waals surface area contributed by atoms with Gasteiger partial charge in [-0.15, -0.1) is 0 Å². The van der Waals surface area contributed by atoms with Gasteiger partial charge in [0, 0.05) is 12.5 Å². The van der Waals surface area contributed by atoms with Crippen LogP contribution in [-0.2, 0) is 14.9 Å². The first-order valence-electron chi connectivity index (χ1n) is 4.71. The standard InChI is InChI=1S/C8H15NO5S/c1-8(7(10)11,15(12,13)14)6-3-2-4-9-5-6/h6,9H,2-5H2,1H3,(H,10,11)(H,12,13,14). The van der Waals surface area contributed by atoms with Gasteiger partial charge in [-0.2, -0.15) is 8.42 Å². The Morgan fingerprint density at radius 2 is 2.13 bits per heavy atom. The largest absolute Gasteiger partial charge is 0.480 e. The van der Waals surface area contributed by atoms with E-state index in [4.69, 9.17) is 9.66 Å². The maximum atomic E-state index is 11.1. The lowest BCUT2D eigenvalue weighted by Gasteiger charge is -2.33. The highest BCUT2D eigenvalue weighted by Gasteiger charge is 2.52. The lowest BCUT2D eigenvalue weighted by molar-refractivity contribution is -0.141. The van der Waals surface area contributed by atoms with Crippen molar-refractivity contribution in [2.75, 3.05) is 13.1 Å². The fourth-order valence-corrected chi connectivity index (χ4v) is 2.66. The molecule has 2 unspecified atom stereocenters. The number of carboxylic acid groups (broad SMARTS) is 1. The summed E-state index contributed by atoms with van der Waals surface area (Å²) >= 11 is 0. The average molecular weight is 237 g/mol. The third-order valence-corrected chi connectivity index (χ3v) is 4.62. The molecule has 1 rings (SSSR count). The van der Waals surface area contributed by atoms with E-state index in [0.717, 1.165) is 13.5 Å². The first-order valence-corrected chi connectivity index (χ1v) is 6.15. The molecule has 7 heteroatoms. The highest BCUT2D eigenvalue weighted by molar-refractivity contribution is 7.88. The number of piperidine rings is 1. The van der Waals surface area contributed by atoms with Crippen LogP contribution in [0.2, 0.25) is 0 Å². The summed E-state index contributed by atoms with van der Waals surface area (Å²) in [6.45, 7) is 2.10. The summed E-state index contributed by atoms with van der Waals surface area (Å²) < 4.78 is 29.2. The zero-order chi connectivity index (χ0) is 11.7. The highest BCUT2D eigenvalue weighted by atomic mass is 32.2. The van der Waals surface area contributed by atoms with Crippen molar-refractivity contribution in [3.63, 3.8) is 0 Å². The summed E-state index contributed by atoms with van der Waals surface area (Å²) in [6, 6.07) is 0. The molecule has 0 aromatic carbocycles. The Labute approximate surface area is 88.4 Å². The number of nitrogens with one attached hydrogen (secondary N) is 1. The van der Waals surface area contributed by atoms with Gasteiger partial charge >= 0.3 is 5.97 Å². The molecule has 1 aliphatic heterocycles. The van der Waals surface area contributed by atoms with E-state index in [1.165, 1.54) is 0 Å². The molecule has 0 saturated carbocycles. The molecule has 0 amide bonds. The molecule has 3 N–H and O–H groups in total. The Bertz CT molecular complexity index is 346. The van der Waals surface area contributed by atoms with Crippen molar-refractivity contribution in [2.45, 2.75) is 24.5 Å². The molecule has 88 valence electrons. The molecule has 1 saturated heterocycles. The summed E-state index contributed by atoms with van der Waals surface area (Å²) in [5.41, 5.74) is 0. The van der Waals surface area contributed by atoms with Gasteiger partial charge in [0.05, 0.1) is 0 Å². The molecule has 0 aromatic rings. The number of hydrogen-bond donors (Lipinski definition) is 3. The molecular formula is C8H15NO5S. The quantitative estimate of drug-likeness (QED) is 0.583. The first-order chi connectivity index (χ1) is 6.80. The van der Waals surface area contributed by atoms with Crippen molar-refractivity contribution in [1.29, 1.82) is 0 Å². The topological polar surface area (TPSA) is 104 Å². The van der Waals surface area contributed by atoms with Crippen LogP contribution in [0.3, 0.4) is 0 Å². The minimum absolute atomic E-state index is 0.294. The van der Waals surface area contributed by atoms with Gasteiger partial charge in [-0.05, 0) is 26.3 Å². The predicted molar refractivity (Wildman–Crippen MR) is 53.2 cm³/mol. The third kappa shape index (κ3) is 2.14. The van der Waals surface area contributed by atoms with E-state index < -0.39 is 26.8 Å². The van der Waals surface area contributed by atoms with Gasteiger partial charge in [0.25, 0.3) is 10.1 Å². The minimum Gasteiger partial charge on any atom is -0.480 e. The zero-order valence-electron chi connectivity index (χ0n) is 8.43. The maximum absolute atomic E-state index is 11.1. The van der Waals surface area contributed by atoms with Crippen LogP contribution >= 0.6 is 0 Å². The lowest BCUT2D eigenvalue weighted by Crippen LogP contribution is -2.54. The Morgan fingerprint density at radius 3 is 2.47 bits per heavy atom. The molecule has 0 aromatic heterocycles. The second-order valence-corrected chi connectivity index (χ2v) is 5.73. The summed E-state index contributed by atoms with van der Waals surface area (Å²) in [4.78, 5) is 11.0. The Balaban J connectivity index is 3.06. The number of carboxylic acids is 1. The van der Waals surface area contributed by atoms with Crippen LogP contribution in [0.5, 0.6) is 0 Å². The lowest BCUT2D eigenvalue weighted by atomic mass is 9.86. The second-order valence-electron chi connectivity index (χ2n) is 3.93. The summed E-state index contributed by atoms with van der Waals surface area (Å²) in [5, 5.41) is 11.9. The highest BCUT2D eigenvalue weighted by Crippen LogP contribution is 2.31. The fraction of sp³-hybridized carbons (Fsp3) is 0.875. The zero-order valence-corrected chi connectivity index (χ0v) is 9.25. The number of rotatable bonds is 3. The Hall–Kier alpha value is -0.660. The normalized spacial score (nSPS) is 26.9. The summed E-state index contributed by atoms with van der Waals surface area (Å²) in [6.07, 6.45) is 1.19. The SMILES string of the molecule is CC(C(=O)O)(C1CCCNC1)S(=O)(=O)O. The minimum atomic E-state index is -4.60. The van der Waals surface area contributed by atoms with Crippen molar-refractivity contribution < 1.29 is 22.9 Å². The second kappa shape index (κ2) is 4.07. The van der Waals surface area contributed by atoms with E-state index in [2.05, 4.69) is 5.32 Å². The Kier molecular flexibility index (Phi) is 3.37. The van der Waals surface area contributed by atoms with Gasteiger partial charge in [0.1, 0.15) is 0 Å². The van der Waals surface area contributed by atoms with Gasteiger partial charge < -0.3 is 10.4 Å². The van der Waals surface area contributed by atoms with Gasteiger partial charge in [-0.3, -0.25) is 9.35 Å². The van der Waals surface area contributed by atoms with Gasteiger partial charge in [0.2, 0.25) is 0 Å². The van der Waals surface area contributed by atoms with Crippen molar-refractivity contribution in [2.24, 2.45) is 5.92 Å². The number of hydrogen-bond acceptors (Lipinski definition) is 4. The average Bonchev–Trinajstić information content (AvgIpc) is 2.16. The van der Waals surface area contributed by atoms with Crippen LogP contribution in [0.25, 0.3) is 0 Å². The van der Waals surface area contributed by atoms with E-state index in [0.29, 0.717) is 19.4 Å². The van der Waals surface area contributed by atoms with E-state index >= 15 is 0 Å².